The van der Waals surface area contributed by atoms with Crippen LogP contribution in [-0.4, -0.2) is 64.9 Å². The fourth-order valence-corrected chi connectivity index (χ4v) is 1.89. The maximum absolute atomic E-state index is 11.6. The van der Waals surface area contributed by atoms with Crippen LogP contribution in [0.25, 0.3) is 0 Å². The molecular formula is C12H19N3O5. The van der Waals surface area contributed by atoms with Crippen LogP contribution in [0.15, 0.2) is 0 Å². The van der Waals surface area contributed by atoms with Crippen molar-refractivity contribution >= 4 is 23.8 Å². The van der Waals surface area contributed by atoms with Crippen LogP contribution in [0.1, 0.15) is 26.2 Å². The quantitative estimate of drug-likeness (QED) is 0.621. The minimum atomic E-state index is -1.08. The lowest BCUT2D eigenvalue weighted by Gasteiger charge is -2.15. The van der Waals surface area contributed by atoms with E-state index in [-0.39, 0.29) is 31.4 Å². The molecule has 0 aliphatic carbocycles. The van der Waals surface area contributed by atoms with Gasteiger partial charge in [-0.15, -0.1) is 0 Å². The van der Waals surface area contributed by atoms with Crippen molar-refractivity contribution in [2.75, 3.05) is 20.1 Å². The van der Waals surface area contributed by atoms with Gasteiger partial charge in [0.1, 0.15) is 12.6 Å². The third-order valence-electron chi connectivity index (χ3n) is 3.06. The van der Waals surface area contributed by atoms with E-state index >= 15 is 0 Å². The standard InChI is InChI=1S/C12H19N3O5/c1-3-8(11(18)19)13-9(16)5-4-6-15-10(17)7-14(2)12(15)20/h8H,3-7H2,1-2H3,(H,13,16)(H,18,19)/t8-/m1/s1. The first kappa shape index (κ1) is 15.9. The molecule has 1 fully saturated rings. The number of urea groups is 1. The van der Waals surface area contributed by atoms with Crippen LogP contribution in [0, 0.1) is 0 Å². The average Bonchev–Trinajstić information content (AvgIpc) is 2.61. The van der Waals surface area contributed by atoms with Crippen molar-refractivity contribution in [2.24, 2.45) is 0 Å². The summed E-state index contributed by atoms with van der Waals surface area (Å²) in [4.78, 5) is 47.7. The second-order valence-electron chi connectivity index (χ2n) is 4.65. The van der Waals surface area contributed by atoms with E-state index in [9.17, 15) is 19.2 Å². The Balaban J connectivity index is 2.34. The zero-order chi connectivity index (χ0) is 15.3. The average molecular weight is 285 g/mol. The number of carboxylic acid groups (broad SMARTS) is 1. The lowest BCUT2D eigenvalue weighted by molar-refractivity contribution is -0.141. The Hall–Kier alpha value is -2.12. The number of amides is 4. The van der Waals surface area contributed by atoms with Gasteiger partial charge in [0.15, 0.2) is 0 Å². The van der Waals surface area contributed by atoms with E-state index in [0.29, 0.717) is 12.8 Å². The van der Waals surface area contributed by atoms with Crippen molar-refractivity contribution in [3.8, 4) is 0 Å². The van der Waals surface area contributed by atoms with Gasteiger partial charge < -0.3 is 15.3 Å². The monoisotopic (exact) mass is 285 g/mol. The van der Waals surface area contributed by atoms with Crippen molar-refractivity contribution < 1.29 is 24.3 Å². The van der Waals surface area contributed by atoms with Crippen molar-refractivity contribution in [2.45, 2.75) is 32.2 Å². The number of likely N-dealkylation sites (N-methyl/N-ethyl adjacent to an activating group) is 1. The molecule has 1 rings (SSSR count). The second-order valence-corrected chi connectivity index (χ2v) is 4.65. The molecule has 0 bridgehead atoms. The lowest BCUT2D eigenvalue weighted by atomic mass is 10.2. The number of carboxylic acids is 1. The summed E-state index contributed by atoms with van der Waals surface area (Å²) in [5.74, 6) is -1.76. The molecule has 0 radical (unpaired) electrons. The van der Waals surface area contributed by atoms with Crippen molar-refractivity contribution in [3.05, 3.63) is 0 Å². The Morgan fingerprint density at radius 2 is 2.05 bits per heavy atom. The van der Waals surface area contributed by atoms with E-state index < -0.39 is 17.9 Å². The van der Waals surface area contributed by atoms with Crippen LogP contribution >= 0.6 is 0 Å². The van der Waals surface area contributed by atoms with Gasteiger partial charge in [-0.25, -0.2) is 9.59 Å². The molecule has 0 aromatic rings. The Morgan fingerprint density at radius 3 is 2.50 bits per heavy atom. The van der Waals surface area contributed by atoms with E-state index in [2.05, 4.69) is 5.32 Å². The summed E-state index contributed by atoms with van der Waals surface area (Å²) in [7, 11) is 1.53. The molecule has 0 spiro atoms. The first-order valence-corrected chi connectivity index (χ1v) is 6.44. The normalized spacial score (nSPS) is 16.5. The largest absolute Gasteiger partial charge is 0.480 e. The number of hydrogen-bond acceptors (Lipinski definition) is 4. The molecule has 8 heteroatoms. The van der Waals surface area contributed by atoms with E-state index in [0.717, 1.165) is 4.90 Å². The summed E-state index contributed by atoms with van der Waals surface area (Å²) >= 11 is 0. The topological polar surface area (TPSA) is 107 Å². The maximum Gasteiger partial charge on any atom is 0.326 e. The van der Waals surface area contributed by atoms with Crippen LogP contribution in [0.2, 0.25) is 0 Å². The number of carbonyl (C=O) groups is 4. The third-order valence-corrected chi connectivity index (χ3v) is 3.06. The Labute approximate surface area is 116 Å². The number of aliphatic carboxylic acids is 1. The summed E-state index contributed by atoms with van der Waals surface area (Å²) in [6, 6.07) is -1.27. The number of hydrogen-bond donors (Lipinski definition) is 2. The minimum Gasteiger partial charge on any atom is -0.480 e. The van der Waals surface area contributed by atoms with Crippen molar-refractivity contribution in [1.29, 1.82) is 0 Å². The second kappa shape index (κ2) is 6.88. The first-order chi connectivity index (χ1) is 9.36. The molecule has 1 atom stereocenters. The van der Waals surface area contributed by atoms with Crippen LogP contribution in [-0.2, 0) is 14.4 Å². The summed E-state index contributed by atoms with van der Waals surface area (Å²) in [5.41, 5.74) is 0. The molecule has 1 aliphatic rings. The van der Waals surface area contributed by atoms with Gasteiger partial charge in [-0.3, -0.25) is 14.5 Å². The highest BCUT2D eigenvalue weighted by atomic mass is 16.4. The predicted octanol–water partition coefficient (Wildman–Crippen LogP) is -0.360. The highest BCUT2D eigenvalue weighted by molar-refractivity contribution is 6.01. The van der Waals surface area contributed by atoms with Gasteiger partial charge in [-0.05, 0) is 12.8 Å². The number of nitrogens with one attached hydrogen (secondary N) is 1. The number of rotatable bonds is 7. The fraction of sp³-hybridized carbons (Fsp3) is 0.667. The highest BCUT2D eigenvalue weighted by Crippen LogP contribution is 2.09. The molecule has 4 amide bonds. The molecule has 1 saturated heterocycles. The number of imide groups is 1. The molecule has 1 heterocycles. The SMILES string of the molecule is CC[C@@H](NC(=O)CCCN1C(=O)CN(C)C1=O)C(=O)O. The molecule has 8 nitrogen and oxygen atoms in total. The molecule has 0 saturated carbocycles. The summed E-state index contributed by atoms with van der Waals surface area (Å²) < 4.78 is 0. The molecular weight excluding hydrogens is 266 g/mol. The van der Waals surface area contributed by atoms with E-state index in [1.165, 1.54) is 11.9 Å². The fourth-order valence-electron chi connectivity index (χ4n) is 1.89. The van der Waals surface area contributed by atoms with Crippen molar-refractivity contribution in [1.82, 2.24) is 15.1 Å². The van der Waals surface area contributed by atoms with Gasteiger partial charge in [0.05, 0.1) is 0 Å². The van der Waals surface area contributed by atoms with Gasteiger partial charge in [-0.1, -0.05) is 6.92 Å². The smallest absolute Gasteiger partial charge is 0.326 e. The van der Waals surface area contributed by atoms with Gasteiger partial charge in [0.25, 0.3) is 0 Å². The van der Waals surface area contributed by atoms with Crippen LogP contribution in [0.5, 0.6) is 0 Å². The van der Waals surface area contributed by atoms with Crippen LogP contribution < -0.4 is 5.32 Å². The number of carbonyl (C=O) groups excluding carboxylic acids is 3. The molecule has 112 valence electrons. The van der Waals surface area contributed by atoms with Gasteiger partial charge >= 0.3 is 12.0 Å². The van der Waals surface area contributed by atoms with Gasteiger partial charge in [0.2, 0.25) is 11.8 Å². The summed E-state index contributed by atoms with van der Waals surface area (Å²) in [6.45, 7) is 1.89. The highest BCUT2D eigenvalue weighted by Gasteiger charge is 2.32. The predicted molar refractivity (Wildman–Crippen MR) is 68.8 cm³/mol. The van der Waals surface area contributed by atoms with Gasteiger partial charge in [0, 0.05) is 20.0 Å². The summed E-state index contributed by atoms with van der Waals surface area (Å²) in [5, 5.41) is 11.2. The molecule has 0 aromatic heterocycles. The molecule has 20 heavy (non-hydrogen) atoms. The molecule has 2 N–H and O–H groups in total. The maximum atomic E-state index is 11.6. The Bertz CT molecular complexity index is 423. The summed E-state index contributed by atoms with van der Waals surface area (Å²) in [6.07, 6.45) is 0.687. The Morgan fingerprint density at radius 1 is 1.40 bits per heavy atom. The van der Waals surface area contributed by atoms with Crippen LogP contribution in [0.4, 0.5) is 4.79 Å². The Kier molecular flexibility index (Phi) is 5.48. The third kappa shape index (κ3) is 3.94. The number of nitrogens with zero attached hydrogens (tertiary/aromatic N) is 2. The molecule has 0 unspecified atom stereocenters. The zero-order valence-corrected chi connectivity index (χ0v) is 11.6. The van der Waals surface area contributed by atoms with E-state index in [1.807, 2.05) is 0 Å². The first-order valence-electron chi connectivity index (χ1n) is 6.44. The molecule has 1 aliphatic heterocycles. The van der Waals surface area contributed by atoms with E-state index in [1.54, 1.807) is 6.92 Å². The van der Waals surface area contributed by atoms with Gasteiger partial charge in [-0.2, -0.15) is 0 Å². The van der Waals surface area contributed by atoms with Crippen molar-refractivity contribution in [3.63, 3.8) is 0 Å². The van der Waals surface area contributed by atoms with E-state index in [4.69, 9.17) is 5.11 Å². The zero-order valence-electron chi connectivity index (χ0n) is 11.6. The minimum absolute atomic E-state index is 0.0575. The molecule has 0 aromatic carbocycles. The van der Waals surface area contributed by atoms with Crippen LogP contribution in [0.3, 0.4) is 0 Å². The lowest BCUT2D eigenvalue weighted by Crippen LogP contribution is -2.40.